The van der Waals surface area contributed by atoms with Crippen LogP contribution in [0.25, 0.3) is 0 Å². The van der Waals surface area contributed by atoms with E-state index in [-0.39, 0.29) is 0 Å². The van der Waals surface area contributed by atoms with E-state index in [2.05, 4.69) is 25.2 Å². The van der Waals surface area contributed by atoms with Gasteiger partial charge in [-0.25, -0.2) is 0 Å². The predicted molar refractivity (Wildman–Crippen MR) is 70.9 cm³/mol. The molecule has 0 radical (unpaired) electrons. The number of unbranched alkanes of at least 4 members (excludes halogenated alkanes) is 1. The molecular formula is C13H21NS. The Morgan fingerprint density at radius 1 is 1.40 bits per heavy atom. The van der Waals surface area contributed by atoms with Gasteiger partial charge < -0.3 is 5.32 Å². The SMILES string of the molecule is CCC/C=C1/CCCC/C1=C(/C)NC=S. The highest BCUT2D eigenvalue weighted by atomic mass is 32.1. The summed E-state index contributed by atoms with van der Waals surface area (Å²) >= 11 is 4.83. The molecule has 0 bridgehead atoms. The first-order chi connectivity index (χ1) is 7.29. The molecule has 1 N–H and O–H groups in total. The molecule has 15 heavy (non-hydrogen) atoms. The van der Waals surface area contributed by atoms with Crippen molar-refractivity contribution in [1.29, 1.82) is 0 Å². The molecule has 84 valence electrons. The van der Waals surface area contributed by atoms with Crippen LogP contribution < -0.4 is 5.32 Å². The molecule has 1 nitrogen and oxygen atoms in total. The van der Waals surface area contributed by atoms with Gasteiger partial charge in [0.15, 0.2) is 0 Å². The summed E-state index contributed by atoms with van der Waals surface area (Å²) in [7, 11) is 0. The van der Waals surface area contributed by atoms with Gasteiger partial charge in [0, 0.05) is 5.70 Å². The van der Waals surface area contributed by atoms with Crippen LogP contribution in [0.4, 0.5) is 0 Å². The highest BCUT2D eigenvalue weighted by molar-refractivity contribution is 7.78. The van der Waals surface area contributed by atoms with E-state index >= 15 is 0 Å². The summed E-state index contributed by atoms with van der Waals surface area (Å²) in [6, 6.07) is 0. The Balaban J connectivity index is 2.81. The predicted octanol–water partition coefficient (Wildman–Crippen LogP) is 4.11. The fourth-order valence-electron chi connectivity index (χ4n) is 2.08. The molecule has 0 atom stereocenters. The van der Waals surface area contributed by atoms with Crippen molar-refractivity contribution in [3.63, 3.8) is 0 Å². The fourth-order valence-corrected chi connectivity index (χ4v) is 2.25. The van der Waals surface area contributed by atoms with Crippen LogP contribution in [0.5, 0.6) is 0 Å². The summed E-state index contributed by atoms with van der Waals surface area (Å²) in [5, 5.41) is 3.15. The van der Waals surface area contributed by atoms with Gasteiger partial charge >= 0.3 is 0 Å². The zero-order valence-electron chi connectivity index (χ0n) is 9.81. The van der Waals surface area contributed by atoms with Crippen molar-refractivity contribution < 1.29 is 0 Å². The fraction of sp³-hybridized carbons (Fsp3) is 0.615. The second-order valence-corrected chi connectivity index (χ2v) is 4.33. The summed E-state index contributed by atoms with van der Waals surface area (Å²) in [5.41, 5.74) is 5.89. The van der Waals surface area contributed by atoms with Gasteiger partial charge in [-0.15, -0.1) is 0 Å². The van der Waals surface area contributed by atoms with Crippen molar-refractivity contribution in [2.75, 3.05) is 0 Å². The van der Waals surface area contributed by atoms with Crippen molar-refractivity contribution in [3.8, 4) is 0 Å². The maximum Gasteiger partial charge on any atom is 0.0656 e. The lowest BCUT2D eigenvalue weighted by molar-refractivity contribution is 0.666. The number of rotatable bonds is 4. The lowest BCUT2D eigenvalue weighted by Crippen LogP contribution is -2.12. The molecule has 1 fully saturated rings. The van der Waals surface area contributed by atoms with Crippen LogP contribution in [0.3, 0.4) is 0 Å². The third-order valence-corrected chi connectivity index (χ3v) is 3.04. The summed E-state index contributed by atoms with van der Waals surface area (Å²) in [6.07, 6.45) is 9.94. The van der Waals surface area contributed by atoms with E-state index in [1.165, 1.54) is 49.8 Å². The summed E-state index contributed by atoms with van der Waals surface area (Å²) < 4.78 is 0. The van der Waals surface area contributed by atoms with Crippen molar-refractivity contribution >= 4 is 17.7 Å². The topological polar surface area (TPSA) is 12.0 Å². The molecule has 0 heterocycles. The highest BCUT2D eigenvalue weighted by Crippen LogP contribution is 2.30. The van der Waals surface area contributed by atoms with E-state index in [1.807, 2.05) is 0 Å². The van der Waals surface area contributed by atoms with Crippen LogP contribution in [-0.4, -0.2) is 5.49 Å². The first-order valence-electron chi connectivity index (χ1n) is 5.89. The molecule has 0 aliphatic heterocycles. The average molecular weight is 223 g/mol. The van der Waals surface area contributed by atoms with E-state index in [1.54, 1.807) is 11.1 Å². The first-order valence-corrected chi connectivity index (χ1v) is 6.36. The van der Waals surface area contributed by atoms with Crippen molar-refractivity contribution in [2.24, 2.45) is 0 Å². The van der Waals surface area contributed by atoms with Gasteiger partial charge in [-0.2, -0.15) is 0 Å². The molecule has 0 saturated heterocycles. The van der Waals surface area contributed by atoms with E-state index in [0.717, 1.165) is 0 Å². The normalized spacial score (nSPS) is 22.7. The van der Waals surface area contributed by atoms with Gasteiger partial charge in [-0.1, -0.05) is 31.6 Å². The van der Waals surface area contributed by atoms with Gasteiger partial charge in [0.1, 0.15) is 0 Å². The minimum atomic E-state index is 1.20. The average Bonchev–Trinajstić information content (AvgIpc) is 2.27. The number of thiocarbonyl (C=S) groups is 1. The first kappa shape index (κ1) is 12.4. The molecule has 2 heteroatoms. The molecule has 1 saturated carbocycles. The van der Waals surface area contributed by atoms with Crippen molar-refractivity contribution in [2.45, 2.75) is 52.4 Å². The van der Waals surface area contributed by atoms with Gasteiger partial charge in [-0.3, -0.25) is 0 Å². The smallest absolute Gasteiger partial charge is 0.0656 e. The maximum absolute atomic E-state index is 4.83. The molecule has 0 aromatic rings. The molecule has 0 spiro atoms. The molecule has 1 aliphatic carbocycles. The van der Waals surface area contributed by atoms with Crippen molar-refractivity contribution in [1.82, 2.24) is 5.32 Å². The minimum absolute atomic E-state index is 1.20. The quantitative estimate of drug-likeness (QED) is 0.720. The summed E-state index contributed by atoms with van der Waals surface area (Å²) in [4.78, 5) is 0. The summed E-state index contributed by atoms with van der Waals surface area (Å²) in [6.45, 7) is 4.36. The van der Waals surface area contributed by atoms with Crippen LogP contribution in [0.2, 0.25) is 0 Å². The van der Waals surface area contributed by atoms with Gasteiger partial charge in [0.25, 0.3) is 0 Å². The Hall–Kier alpha value is -0.630. The van der Waals surface area contributed by atoms with E-state index in [4.69, 9.17) is 12.2 Å². The summed E-state index contributed by atoms with van der Waals surface area (Å²) in [5.74, 6) is 0. The molecular weight excluding hydrogens is 202 g/mol. The number of allylic oxidation sites excluding steroid dienone is 4. The Kier molecular flexibility index (Phi) is 5.62. The van der Waals surface area contributed by atoms with Crippen LogP contribution in [0.1, 0.15) is 52.4 Å². The Bertz CT molecular complexity index is 276. The van der Waals surface area contributed by atoms with Gasteiger partial charge in [-0.05, 0) is 50.2 Å². The standard InChI is InChI=1S/C13H21NS/c1-3-4-7-12-8-5-6-9-13(12)11(2)14-10-15/h7,10H,3-6,8-9H2,1-2H3,(H,14,15)/b12-7-,13-11+. The number of hydrogen-bond acceptors (Lipinski definition) is 1. The van der Waals surface area contributed by atoms with Gasteiger partial charge in [0.05, 0.1) is 5.49 Å². The monoisotopic (exact) mass is 223 g/mol. The molecule has 0 amide bonds. The third-order valence-electron chi connectivity index (χ3n) is 2.92. The van der Waals surface area contributed by atoms with Crippen molar-refractivity contribution in [3.05, 3.63) is 22.9 Å². The third kappa shape index (κ3) is 3.78. The zero-order chi connectivity index (χ0) is 11.1. The lowest BCUT2D eigenvalue weighted by atomic mass is 9.87. The lowest BCUT2D eigenvalue weighted by Gasteiger charge is -2.21. The second kappa shape index (κ2) is 6.78. The maximum atomic E-state index is 4.83. The highest BCUT2D eigenvalue weighted by Gasteiger charge is 2.13. The number of nitrogens with one attached hydrogen (secondary N) is 1. The number of hydrogen-bond donors (Lipinski definition) is 1. The van der Waals surface area contributed by atoms with E-state index in [0.29, 0.717) is 0 Å². The Morgan fingerprint density at radius 2 is 2.13 bits per heavy atom. The van der Waals surface area contributed by atoms with Crippen LogP contribution in [-0.2, 0) is 0 Å². The molecule has 0 aromatic heterocycles. The molecule has 0 aromatic carbocycles. The molecule has 1 aliphatic rings. The van der Waals surface area contributed by atoms with Crippen LogP contribution in [0.15, 0.2) is 22.9 Å². The minimum Gasteiger partial charge on any atom is -0.356 e. The molecule has 0 unspecified atom stereocenters. The van der Waals surface area contributed by atoms with E-state index < -0.39 is 0 Å². The Labute approximate surface area is 98.6 Å². The van der Waals surface area contributed by atoms with Crippen LogP contribution >= 0.6 is 12.2 Å². The van der Waals surface area contributed by atoms with Gasteiger partial charge in [0.2, 0.25) is 0 Å². The van der Waals surface area contributed by atoms with E-state index in [9.17, 15) is 0 Å². The molecule has 1 rings (SSSR count). The Morgan fingerprint density at radius 3 is 2.80 bits per heavy atom. The zero-order valence-corrected chi connectivity index (χ0v) is 10.6. The second-order valence-electron chi connectivity index (χ2n) is 4.09. The largest absolute Gasteiger partial charge is 0.356 e. The van der Waals surface area contributed by atoms with Crippen LogP contribution in [0, 0.1) is 0 Å².